The predicted molar refractivity (Wildman–Crippen MR) is 101 cm³/mol. The molecule has 1 unspecified atom stereocenters. The van der Waals surface area contributed by atoms with Crippen LogP contribution in [0.25, 0.3) is 11.1 Å². The minimum atomic E-state index is -0.774. The monoisotopic (exact) mass is 383 g/mol. The van der Waals surface area contributed by atoms with E-state index in [1.54, 1.807) is 25.1 Å². The molecular weight excluding hydrogens is 365 g/mol. The largest absolute Gasteiger partial charge is 0.444 e. The zero-order valence-corrected chi connectivity index (χ0v) is 15.5. The van der Waals surface area contributed by atoms with Gasteiger partial charge in [-0.3, -0.25) is 4.79 Å². The Morgan fingerprint density at radius 2 is 1.96 bits per heavy atom. The molecule has 0 bridgehead atoms. The van der Waals surface area contributed by atoms with Crippen LogP contribution in [0.15, 0.2) is 35.6 Å². The number of nitrogens with two attached hydrogens (primary N) is 1. The fraction of sp³-hybridized carbons (Fsp3) is 0.294. The maximum absolute atomic E-state index is 13.0. The lowest BCUT2D eigenvalue weighted by molar-refractivity contribution is 0.150. The van der Waals surface area contributed by atoms with Crippen molar-refractivity contribution in [2.45, 2.75) is 26.3 Å². The van der Waals surface area contributed by atoms with Crippen molar-refractivity contribution in [3.63, 3.8) is 0 Å². The fourth-order valence-electron chi connectivity index (χ4n) is 2.46. The highest BCUT2D eigenvalue weighted by Crippen LogP contribution is 2.36. The Bertz CT molecular complexity index is 851. The van der Waals surface area contributed by atoms with Gasteiger partial charge in [-0.05, 0) is 25.5 Å². The molecule has 2 N–H and O–H groups in total. The van der Waals surface area contributed by atoms with Gasteiger partial charge in [-0.25, -0.2) is 9.48 Å². The van der Waals surface area contributed by atoms with E-state index in [1.807, 2.05) is 6.92 Å². The van der Waals surface area contributed by atoms with Gasteiger partial charge in [-0.15, -0.1) is 0 Å². The van der Waals surface area contributed by atoms with Gasteiger partial charge in [0.15, 0.2) is 0 Å². The van der Waals surface area contributed by atoms with Crippen molar-refractivity contribution in [3.05, 3.63) is 51.3 Å². The smallest absolute Gasteiger partial charge is 0.435 e. The third-order valence-electron chi connectivity index (χ3n) is 3.84. The Morgan fingerprint density at radius 3 is 2.48 bits per heavy atom. The molecule has 1 heterocycles. The normalized spacial score (nSPS) is 12.0. The summed E-state index contributed by atoms with van der Waals surface area (Å²) >= 11 is 12.4. The second-order valence-electron chi connectivity index (χ2n) is 5.44. The van der Waals surface area contributed by atoms with E-state index < -0.39 is 11.7 Å². The van der Waals surface area contributed by atoms with Crippen LogP contribution < -0.4 is 11.3 Å². The van der Waals surface area contributed by atoms with E-state index in [0.717, 1.165) is 4.68 Å². The maximum atomic E-state index is 13.0. The molecule has 0 fully saturated rings. The highest BCUT2D eigenvalue weighted by Gasteiger charge is 2.28. The first-order chi connectivity index (χ1) is 11.8. The molecule has 2 aromatic rings. The second kappa shape index (κ2) is 7.80. The van der Waals surface area contributed by atoms with E-state index in [4.69, 9.17) is 33.7 Å². The molecule has 0 spiro atoms. The van der Waals surface area contributed by atoms with E-state index in [1.165, 1.54) is 10.8 Å². The van der Waals surface area contributed by atoms with Crippen molar-refractivity contribution < 1.29 is 9.53 Å². The summed E-state index contributed by atoms with van der Waals surface area (Å²) < 4.78 is 7.34. The number of carbonyl (C=O) groups is 1. The van der Waals surface area contributed by atoms with Crippen molar-refractivity contribution in [1.29, 1.82) is 0 Å². The van der Waals surface area contributed by atoms with Gasteiger partial charge in [-0.1, -0.05) is 48.8 Å². The molecule has 1 aromatic heterocycles. The van der Waals surface area contributed by atoms with Gasteiger partial charge in [0.25, 0.3) is 5.56 Å². The molecule has 0 saturated carbocycles. The molecule has 0 radical (unpaired) electrons. The zero-order valence-electron chi connectivity index (χ0n) is 14.0. The number of benzene rings is 1. The summed E-state index contributed by atoms with van der Waals surface area (Å²) in [5.74, 6) is -0.0747. The lowest BCUT2D eigenvalue weighted by Crippen LogP contribution is -2.31. The third-order valence-corrected chi connectivity index (χ3v) is 4.47. The first-order valence-electron chi connectivity index (χ1n) is 7.70. The number of nitrogen functional groups attached to an aromatic ring is 1. The van der Waals surface area contributed by atoms with Gasteiger partial charge in [0.05, 0.1) is 21.7 Å². The van der Waals surface area contributed by atoms with Crippen LogP contribution in [0.2, 0.25) is 10.0 Å². The molecule has 0 amide bonds. The van der Waals surface area contributed by atoms with E-state index in [0.29, 0.717) is 12.0 Å². The molecule has 0 aliphatic heterocycles. The number of rotatable bonds is 5. The fourth-order valence-corrected chi connectivity index (χ4v) is 3.04. The first-order valence-corrected chi connectivity index (χ1v) is 8.46. The topological polar surface area (TPSA) is 79.2 Å². The molecule has 0 aliphatic rings. The van der Waals surface area contributed by atoms with Crippen molar-refractivity contribution in [2.24, 2.45) is 0 Å². The van der Waals surface area contributed by atoms with Crippen molar-refractivity contribution in [1.82, 2.24) is 9.36 Å². The van der Waals surface area contributed by atoms with E-state index in [2.05, 4.69) is 6.58 Å². The SMILES string of the molecule is C=CCOC(=O)n1c(N)c(-c2c(Cl)cccc2Cl)c(=O)n1C(C)CC. The van der Waals surface area contributed by atoms with Crippen LogP contribution in [0.5, 0.6) is 0 Å². The molecule has 0 saturated heterocycles. The minimum absolute atomic E-state index is 0.00661. The number of hydrogen-bond donors (Lipinski definition) is 1. The van der Waals surface area contributed by atoms with Gasteiger partial charge in [0.2, 0.25) is 0 Å². The molecule has 2 rings (SSSR count). The number of aromatic nitrogens is 2. The van der Waals surface area contributed by atoms with E-state index >= 15 is 0 Å². The Kier molecular flexibility index (Phi) is 5.98. The van der Waals surface area contributed by atoms with Gasteiger partial charge in [-0.2, -0.15) is 4.68 Å². The summed E-state index contributed by atoms with van der Waals surface area (Å²) in [5, 5.41) is 0.536. The number of carbonyl (C=O) groups excluding carboxylic acids is 1. The summed E-state index contributed by atoms with van der Waals surface area (Å²) in [7, 11) is 0. The number of halogens is 2. The molecular formula is C17H19Cl2N3O3. The number of ether oxygens (including phenoxy) is 1. The van der Waals surface area contributed by atoms with Crippen LogP contribution in [0.3, 0.4) is 0 Å². The lowest BCUT2D eigenvalue weighted by atomic mass is 10.1. The van der Waals surface area contributed by atoms with Gasteiger partial charge < -0.3 is 10.5 Å². The van der Waals surface area contributed by atoms with Crippen molar-refractivity contribution >= 4 is 35.1 Å². The predicted octanol–water partition coefficient (Wildman–Crippen LogP) is 4.35. The van der Waals surface area contributed by atoms with Crippen LogP contribution in [0.1, 0.15) is 26.3 Å². The number of anilines is 1. The summed E-state index contributed by atoms with van der Waals surface area (Å²) in [6.45, 7) is 7.18. The molecule has 1 aromatic carbocycles. The second-order valence-corrected chi connectivity index (χ2v) is 6.26. The lowest BCUT2D eigenvalue weighted by Gasteiger charge is -2.16. The van der Waals surface area contributed by atoms with Crippen LogP contribution in [0, 0.1) is 0 Å². The summed E-state index contributed by atoms with van der Waals surface area (Å²) in [4.78, 5) is 25.4. The third kappa shape index (κ3) is 3.45. The van der Waals surface area contributed by atoms with Crippen LogP contribution in [0.4, 0.5) is 10.6 Å². The first kappa shape index (κ1) is 19.1. The van der Waals surface area contributed by atoms with Crippen LogP contribution in [-0.2, 0) is 4.74 Å². The van der Waals surface area contributed by atoms with Gasteiger partial charge in [0, 0.05) is 5.56 Å². The molecule has 134 valence electrons. The van der Waals surface area contributed by atoms with Gasteiger partial charge >= 0.3 is 6.09 Å². The van der Waals surface area contributed by atoms with Crippen molar-refractivity contribution in [2.75, 3.05) is 12.3 Å². The average Bonchev–Trinajstić information content (AvgIpc) is 2.83. The quantitative estimate of drug-likeness (QED) is 0.778. The Balaban J connectivity index is 2.80. The molecule has 6 nitrogen and oxygen atoms in total. The molecule has 8 heteroatoms. The van der Waals surface area contributed by atoms with Crippen LogP contribution >= 0.6 is 23.2 Å². The minimum Gasteiger partial charge on any atom is -0.444 e. The Hall–Kier alpha value is -2.18. The summed E-state index contributed by atoms with van der Waals surface area (Å²) in [5.41, 5.74) is 6.05. The highest BCUT2D eigenvalue weighted by atomic mass is 35.5. The highest BCUT2D eigenvalue weighted by molar-refractivity contribution is 6.39. The molecule has 1 atom stereocenters. The average molecular weight is 384 g/mol. The standard InChI is InChI=1S/C17H19Cl2N3O3/c1-4-9-25-17(24)22-15(20)14(16(23)21(22)10(3)5-2)13-11(18)7-6-8-12(13)19/h4,6-8,10H,1,5,9,20H2,2-3H3. The van der Waals surface area contributed by atoms with Crippen molar-refractivity contribution in [3.8, 4) is 11.1 Å². The number of hydrogen-bond acceptors (Lipinski definition) is 4. The van der Waals surface area contributed by atoms with E-state index in [-0.39, 0.29) is 34.1 Å². The van der Waals surface area contributed by atoms with Crippen LogP contribution in [-0.4, -0.2) is 22.1 Å². The Morgan fingerprint density at radius 1 is 1.36 bits per heavy atom. The molecule has 0 aliphatic carbocycles. The van der Waals surface area contributed by atoms with E-state index in [9.17, 15) is 9.59 Å². The summed E-state index contributed by atoms with van der Waals surface area (Å²) in [6, 6.07) is 4.57. The Labute approximate surface area is 155 Å². The van der Waals surface area contributed by atoms with Gasteiger partial charge in [0.1, 0.15) is 12.4 Å². The molecule has 25 heavy (non-hydrogen) atoms. The maximum Gasteiger partial charge on any atom is 0.435 e. The zero-order chi connectivity index (χ0) is 18.7. The number of nitrogens with zero attached hydrogens (tertiary/aromatic N) is 2. The summed E-state index contributed by atoms with van der Waals surface area (Å²) in [6.07, 6.45) is 1.26.